The second kappa shape index (κ2) is 13.5. The number of hydrogen-bond acceptors (Lipinski definition) is 1. The van der Waals surface area contributed by atoms with Crippen molar-refractivity contribution in [1.29, 1.82) is 0 Å². The van der Waals surface area contributed by atoms with Crippen molar-refractivity contribution in [3.05, 3.63) is 48.6 Å². The predicted molar refractivity (Wildman–Crippen MR) is 77.6 cm³/mol. The Labute approximate surface area is 117 Å². The van der Waals surface area contributed by atoms with Gasteiger partial charge in [-0.15, -0.1) is 0 Å². The van der Waals surface area contributed by atoms with E-state index in [-0.39, 0.29) is 6.42 Å². The Morgan fingerprint density at radius 3 is 2.00 bits per heavy atom. The number of carbonyl (C=O) groups is 1. The van der Waals surface area contributed by atoms with Crippen LogP contribution in [-0.4, -0.2) is 11.1 Å². The molecule has 0 aromatic carbocycles. The van der Waals surface area contributed by atoms with Gasteiger partial charge in [0.2, 0.25) is 0 Å². The summed E-state index contributed by atoms with van der Waals surface area (Å²) >= 11 is 0. The van der Waals surface area contributed by atoms with Gasteiger partial charge in [-0.25, -0.2) is 0 Å². The first-order valence-electron chi connectivity index (χ1n) is 8.51. The maximum atomic E-state index is 10.3. The van der Waals surface area contributed by atoms with Crippen molar-refractivity contribution in [2.75, 3.05) is 0 Å². The first kappa shape index (κ1) is 9.37. The van der Waals surface area contributed by atoms with Gasteiger partial charge < -0.3 is 5.11 Å². The molecule has 1 N–H and O–H groups in total. The van der Waals surface area contributed by atoms with Crippen LogP contribution in [0.25, 0.3) is 0 Å². The Bertz CT molecular complexity index is 460. The van der Waals surface area contributed by atoms with Crippen LogP contribution in [0.3, 0.4) is 0 Å². The van der Waals surface area contributed by atoms with Gasteiger partial charge in [0.25, 0.3) is 0 Å². The number of allylic oxidation sites excluding steroid dienone is 8. The van der Waals surface area contributed by atoms with Gasteiger partial charge in [0, 0.05) is 13.3 Å². The molecule has 0 fully saturated rings. The number of aliphatic carboxylic acids is 1. The fraction of sp³-hybridized carbons (Fsp3) is 0.438. The summed E-state index contributed by atoms with van der Waals surface area (Å²) in [5.74, 6) is -0.795. The van der Waals surface area contributed by atoms with Gasteiger partial charge in [0.1, 0.15) is 0 Å². The Hall–Kier alpha value is -1.57. The molecule has 0 atom stereocenters. The van der Waals surface area contributed by atoms with Crippen LogP contribution in [0.2, 0.25) is 0 Å². The number of hydrogen-bond donors (Lipinski definition) is 1. The largest absolute Gasteiger partial charge is 0.481 e. The Kier molecular flexibility index (Phi) is 7.03. The van der Waals surface area contributed by atoms with Crippen molar-refractivity contribution < 1.29 is 16.8 Å². The third-order valence-electron chi connectivity index (χ3n) is 2.04. The van der Waals surface area contributed by atoms with Crippen LogP contribution in [0.1, 0.15) is 52.2 Å². The maximum Gasteiger partial charge on any atom is 0.303 e. The Balaban J connectivity index is 3.84. The van der Waals surface area contributed by atoms with Crippen LogP contribution in [0.4, 0.5) is 0 Å². The van der Waals surface area contributed by atoms with Crippen molar-refractivity contribution in [1.82, 2.24) is 0 Å². The van der Waals surface area contributed by atoms with Crippen LogP contribution in [0.15, 0.2) is 48.6 Å². The summed E-state index contributed by atoms with van der Waals surface area (Å²) in [5, 5.41) is 8.45. The van der Waals surface area contributed by atoms with Crippen LogP contribution in [0, 0.1) is 0 Å². The average Bonchev–Trinajstić information content (AvgIpc) is 2.42. The highest BCUT2D eigenvalue weighted by atomic mass is 16.4. The van der Waals surface area contributed by atoms with Crippen molar-refractivity contribution in [2.45, 2.75) is 45.3 Å². The van der Waals surface area contributed by atoms with E-state index in [0.29, 0.717) is 12.8 Å². The number of carboxylic acids is 1. The third kappa shape index (κ3) is 14.4. The lowest BCUT2D eigenvalue weighted by Crippen LogP contribution is -1.91. The molecule has 18 heavy (non-hydrogen) atoms. The van der Waals surface area contributed by atoms with Crippen LogP contribution >= 0.6 is 0 Å². The van der Waals surface area contributed by atoms with Gasteiger partial charge in [-0.05, 0) is 32.1 Å². The molecule has 0 aromatic heterocycles. The van der Waals surface area contributed by atoms with Crippen LogP contribution in [-0.2, 0) is 4.79 Å². The molecule has 0 saturated heterocycles. The van der Waals surface area contributed by atoms with Gasteiger partial charge in [-0.3, -0.25) is 4.79 Å². The highest BCUT2D eigenvalue weighted by Crippen LogP contribution is 1.96. The molecule has 0 aliphatic rings. The Morgan fingerprint density at radius 1 is 1.00 bits per heavy atom. The van der Waals surface area contributed by atoms with E-state index in [1.807, 2.05) is 36.5 Å². The second-order valence-corrected chi connectivity index (χ2v) is 3.60. The van der Waals surface area contributed by atoms with Crippen molar-refractivity contribution in [2.24, 2.45) is 0 Å². The molecule has 0 spiro atoms. The van der Waals surface area contributed by atoms with E-state index in [4.69, 9.17) is 12.0 Å². The number of carboxylic acid groups (broad SMARTS) is 1. The molecule has 2 nitrogen and oxygen atoms in total. The molecule has 0 rings (SSSR count). The second-order valence-electron chi connectivity index (χ2n) is 3.60. The minimum atomic E-state index is -2.64. The summed E-state index contributed by atoms with van der Waals surface area (Å²) in [5.41, 5.74) is 0. The zero-order chi connectivity index (χ0) is 17.8. The van der Waals surface area contributed by atoms with Gasteiger partial charge in [-0.2, -0.15) is 0 Å². The van der Waals surface area contributed by atoms with E-state index in [0.717, 1.165) is 18.9 Å². The molecular weight excluding hydrogens is 224 g/mol. The monoisotopic (exact) mass is 253 g/mol. The van der Waals surface area contributed by atoms with Gasteiger partial charge in [-0.1, -0.05) is 55.5 Å². The summed E-state index contributed by atoms with van der Waals surface area (Å²) in [6.07, 6.45) is 14.4. The molecule has 0 unspecified atom stereocenters. The zero-order valence-electron chi connectivity index (χ0n) is 15.5. The summed E-state index contributed by atoms with van der Waals surface area (Å²) in [7, 11) is 0. The zero-order valence-corrected chi connectivity index (χ0v) is 10.5. The molecule has 0 saturated carbocycles. The van der Waals surface area contributed by atoms with Gasteiger partial charge in [0.05, 0.1) is 0 Å². The van der Waals surface area contributed by atoms with Crippen molar-refractivity contribution in [3.63, 3.8) is 0 Å². The molecule has 0 heterocycles. The lowest BCUT2D eigenvalue weighted by molar-refractivity contribution is -0.136. The highest BCUT2D eigenvalue weighted by Gasteiger charge is 1.90. The van der Waals surface area contributed by atoms with Gasteiger partial charge in [0.15, 0.2) is 0 Å². The van der Waals surface area contributed by atoms with Gasteiger partial charge >= 0.3 is 5.97 Å². The first-order valence-corrected chi connectivity index (χ1v) is 6.01. The summed E-state index contributed by atoms with van der Waals surface area (Å²) in [4.78, 5) is 10.3. The summed E-state index contributed by atoms with van der Waals surface area (Å²) < 4.78 is 35.9. The van der Waals surface area contributed by atoms with E-state index in [2.05, 4.69) is 0 Å². The molecule has 100 valence electrons. The van der Waals surface area contributed by atoms with Crippen LogP contribution in [0.5, 0.6) is 0 Å². The SMILES string of the molecule is [2H]C([2H])([2H])C([2H])([2H])/C=C\C/C=C\C/C=C\C/C=C\CCC(=O)O. The molecule has 0 radical (unpaired) electrons. The maximum absolute atomic E-state index is 10.3. The number of rotatable bonds is 10. The first-order chi connectivity index (χ1) is 10.7. The molecule has 0 bridgehead atoms. The highest BCUT2D eigenvalue weighted by molar-refractivity contribution is 5.66. The van der Waals surface area contributed by atoms with E-state index in [1.165, 1.54) is 6.08 Å². The normalized spacial score (nSPS) is 18.1. The fourth-order valence-corrected chi connectivity index (χ4v) is 1.17. The van der Waals surface area contributed by atoms with Crippen LogP contribution < -0.4 is 0 Å². The molecule has 0 aromatic rings. The molecule has 0 aliphatic carbocycles. The smallest absolute Gasteiger partial charge is 0.303 e. The quantitative estimate of drug-likeness (QED) is 0.575. The molecule has 2 heteroatoms. The Morgan fingerprint density at radius 2 is 1.50 bits per heavy atom. The van der Waals surface area contributed by atoms with E-state index in [9.17, 15) is 4.79 Å². The summed E-state index contributed by atoms with van der Waals surface area (Å²) in [6.45, 7) is -2.64. The topological polar surface area (TPSA) is 37.3 Å². The lowest BCUT2D eigenvalue weighted by Gasteiger charge is -1.87. The minimum Gasteiger partial charge on any atom is -0.481 e. The average molecular weight is 253 g/mol. The van der Waals surface area contributed by atoms with E-state index in [1.54, 1.807) is 0 Å². The minimum absolute atomic E-state index is 0.149. The van der Waals surface area contributed by atoms with E-state index < -0.39 is 19.2 Å². The van der Waals surface area contributed by atoms with Crippen molar-refractivity contribution in [3.8, 4) is 0 Å². The summed E-state index contributed by atoms with van der Waals surface area (Å²) in [6, 6.07) is 0. The molecular formula is C16H24O2. The predicted octanol–water partition coefficient (Wildman–Crippen LogP) is 4.66. The molecule has 0 amide bonds. The fourth-order valence-electron chi connectivity index (χ4n) is 1.17. The standard InChI is InChI=1S/C16H24O2/c1-2-3-4-5-6-7-8-9-10-11-12-13-14-15-16(17)18/h3-4,6-7,9-10,12-13H,2,5,8,11,14-15H2,1H3,(H,17,18)/b4-3-,7-6-,10-9-,13-12-/i1D3,2D2. The van der Waals surface area contributed by atoms with E-state index >= 15 is 0 Å². The third-order valence-corrected chi connectivity index (χ3v) is 2.04. The molecule has 0 aliphatic heterocycles. The lowest BCUT2D eigenvalue weighted by atomic mass is 10.2. The van der Waals surface area contributed by atoms with Crippen molar-refractivity contribution >= 4 is 5.97 Å².